The lowest BCUT2D eigenvalue weighted by molar-refractivity contribution is 0.262. The number of nitrogens with zero attached hydrogens (tertiary/aromatic N) is 1. The number of urea groups is 1. The molecule has 0 fully saturated rings. The number of carbonyl (C=O) groups is 1. The molecule has 2 amide bonds. The molecule has 8 heteroatoms. The maximum Gasteiger partial charge on any atom is 0.323 e. The van der Waals surface area contributed by atoms with Gasteiger partial charge >= 0.3 is 6.03 Å². The molecule has 4 aromatic rings. The number of para-hydroxylation sites is 1. The van der Waals surface area contributed by atoms with Gasteiger partial charge in [-0.1, -0.05) is 35.9 Å². The number of nitrogens with one attached hydrogen (secondary N) is 3. The van der Waals surface area contributed by atoms with Gasteiger partial charge in [0.15, 0.2) is 0 Å². The molecule has 0 saturated heterocycles. The van der Waals surface area contributed by atoms with E-state index >= 15 is 0 Å². The molecule has 1 aliphatic heterocycles. The number of benzene rings is 3. The standard InChI is InChI=1S/C24H20ClFN4OS/c25-18-5-3-6-19(26)17(18)14-30-10-11-32-23-12-15(8-9-22(23)30)28-24(31)29-21-13-27-20-7-2-1-4-16(20)21/h1-9,12-13,27H,10-11,14H2,(H2,28,29,31). The molecule has 0 aliphatic carbocycles. The topological polar surface area (TPSA) is 60.2 Å². The third-order valence-electron chi connectivity index (χ3n) is 5.43. The van der Waals surface area contributed by atoms with Gasteiger partial charge in [-0.2, -0.15) is 0 Å². The average molecular weight is 467 g/mol. The number of thioether (sulfide) groups is 1. The smallest absolute Gasteiger partial charge is 0.323 e. The molecule has 0 unspecified atom stereocenters. The number of hydrogen-bond acceptors (Lipinski definition) is 3. The lowest BCUT2D eigenvalue weighted by Crippen LogP contribution is -2.29. The van der Waals surface area contributed by atoms with Crippen molar-refractivity contribution >= 4 is 57.4 Å². The first kappa shape index (κ1) is 20.7. The van der Waals surface area contributed by atoms with Crippen LogP contribution in [0.3, 0.4) is 0 Å². The third-order valence-corrected chi connectivity index (χ3v) is 6.80. The van der Waals surface area contributed by atoms with Crippen molar-refractivity contribution in [3.05, 3.63) is 83.3 Å². The van der Waals surface area contributed by atoms with E-state index in [0.717, 1.165) is 39.5 Å². The zero-order chi connectivity index (χ0) is 22.1. The summed E-state index contributed by atoms with van der Waals surface area (Å²) in [6, 6.07) is 18.0. The minimum Gasteiger partial charge on any atom is -0.365 e. The molecule has 162 valence electrons. The quantitative estimate of drug-likeness (QED) is 0.313. The van der Waals surface area contributed by atoms with Crippen LogP contribution in [0.15, 0.2) is 71.8 Å². The van der Waals surface area contributed by atoms with Gasteiger partial charge in [0.05, 0.1) is 11.4 Å². The maximum atomic E-state index is 14.3. The molecule has 0 bridgehead atoms. The minimum absolute atomic E-state index is 0.301. The second kappa shape index (κ2) is 8.76. The highest BCUT2D eigenvalue weighted by Crippen LogP contribution is 2.38. The van der Waals surface area contributed by atoms with Crippen molar-refractivity contribution in [2.24, 2.45) is 0 Å². The molecular formula is C24H20ClFN4OS. The summed E-state index contributed by atoms with van der Waals surface area (Å²) >= 11 is 7.94. The van der Waals surface area contributed by atoms with Gasteiger partial charge in [-0.25, -0.2) is 9.18 Å². The fraction of sp³-hybridized carbons (Fsp3) is 0.125. The van der Waals surface area contributed by atoms with Gasteiger partial charge in [-0.3, -0.25) is 0 Å². The Balaban J connectivity index is 1.31. The first-order chi connectivity index (χ1) is 15.6. The maximum absolute atomic E-state index is 14.3. The normalized spacial score (nSPS) is 13.1. The Morgan fingerprint density at radius 3 is 2.88 bits per heavy atom. The molecule has 0 atom stereocenters. The molecular weight excluding hydrogens is 447 g/mol. The first-order valence-corrected chi connectivity index (χ1v) is 11.5. The Morgan fingerprint density at radius 2 is 2.00 bits per heavy atom. The van der Waals surface area contributed by atoms with Crippen LogP contribution in [0.2, 0.25) is 5.02 Å². The van der Waals surface area contributed by atoms with E-state index in [-0.39, 0.29) is 11.8 Å². The summed E-state index contributed by atoms with van der Waals surface area (Å²) in [6.07, 6.45) is 1.78. The number of rotatable bonds is 4. The van der Waals surface area contributed by atoms with E-state index in [4.69, 9.17) is 11.6 Å². The Morgan fingerprint density at radius 1 is 1.12 bits per heavy atom. The van der Waals surface area contributed by atoms with E-state index in [1.807, 2.05) is 42.5 Å². The van der Waals surface area contributed by atoms with E-state index in [1.54, 1.807) is 30.1 Å². The summed E-state index contributed by atoms with van der Waals surface area (Å²) in [5.41, 5.74) is 3.87. The summed E-state index contributed by atoms with van der Waals surface area (Å²) in [7, 11) is 0. The lowest BCUT2D eigenvalue weighted by Gasteiger charge is -2.31. The molecule has 3 N–H and O–H groups in total. The summed E-state index contributed by atoms with van der Waals surface area (Å²) < 4.78 is 14.3. The largest absolute Gasteiger partial charge is 0.365 e. The van der Waals surface area contributed by atoms with Crippen LogP contribution in [0.4, 0.5) is 26.2 Å². The van der Waals surface area contributed by atoms with E-state index in [9.17, 15) is 9.18 Å². The lowest BCUT2D eigenvalue weighted by atomic mass is 10.1. The first-order valence-electron chi connectivity index (χ1n) is 10.2. The van der Waals surface area contributed by atoms with Crippen LogP contribution in [0.5, 0.6) is 0 Å². The molecule has 1 aromatic heterocycles. The van der Waals surface area contributed by atoms with Crippen molar-refractivity contribution in [3.63, 3.8) is 0 Å². The van der Waals surface area contributed by atoms with Crippen LogP contribution in [-0.2, 0) is 6.54 Å². The van der Waals surface area contributed by atoms with Gasteiger partial charge in [-0.15, -0.1) is 11.8 Å². The Kier molecular flexibility index (Phi) is 5.68. The van der Waals surface area contributed by atoms with E-state index in [2.05, 4.69) is 20.5 Å². The fourth-order valence-corrected chi connectivity index (χ4v) is 5.16. The molecule has 3 aromatic carbocycles. The van der Waals surface area contributed by atoms with Gasteiger partial charge in [0.2, 0.25) is 0 Å². The number of fused-ring (bicyclic) bond motifs is 2. The number of carbonyl (C=O) groups excluding carboxylic acids is 1. The monoisotopic (exact) mass is 466 g/mol. The van der Waals surface area contributed by atoms with Crippen molar-refractivity contribution in [2.45, 2.75) is 11.4 Å². The molecule has 1 aliphatic rings. The van der Waals surface area contributed by atoms with Crippen LogP contribution >= 0.6 is 23.4 Å². The molecule has 0 spiro atoms. The number of amides is 2. The number of H-pyrrole nitrogens is 1. The zero-order valence-corrected chi connectivity index (χ0v) is 18.6. The Labute approximate surface area is 194 Å². The molecule has 2 heterocycles. The van der Waals surface area contributed by atoms with Crippen LogP contribution in [0.25, 0.3) is 10.9 Å². The van der Waals surface area contributed by atoms with Crippen molar-refractivity contribution in [3.8, 4) is 0 Å². The highest BCUT2D eigenvalue weighted by molar-refractivity contribution is 7.99. The number of hydrogen-bond donors (Lipinski definition) is 3. The second-order valence-electron chi connectivity index (χ2n) is 7.48. The number of aromatic amines is 1. The zero-order valence-electron chi connectivity index (χ0n) is 17.0. The van der Waals surface area contributed by atoms with Crippen molar-refractivity contribution in [2.75, 3.05) is 27.8 Å². The van der Waals surface area contributed by atoms with E-state index in [0.29, 0.717) is 22.8 Å². The van der Waals surface area contributed by atoms with Gasteiger partial charge in [0.25, 0.3) is 0 Å². The number of halogens is 2. The van der Waals surface area contributed by atoms with Crippen molar-refractivity contribution in [1.29, 1.82) is 0 Å². The molecule has 5 rings (SSSR count). The van der Waals surface area contributed by atoms with Crippen LogP contribution < -0.4 is 15.5 Å². The fourth-order valence-electron chi connectivity index (χ4n) is 3.85. The summed E-state index contributed by atoms with van der Waals surface area (Å²) in [5.74, 6) is 0.564. The van der Waals surface area contributed by atoms with Gasteiger partial charge in [0, 0.05) is 57.1 Å². The van der Waals surface area contributed by atoms with Crippen LogP contribution in [-0.4, -0.2) is 23.3 Å². The highest BCUT2D eigenvalue weighted by atomic mass is 35.5. The second-order valence-corrected chi connectivity index (χ2v) is 9.02. The molecule has 5 nitrogen and oxygen atoms in total. The van der Waals surface area contributed by atoms with Crippen molar-refractivity contribution < 1.29 is 9.18 Å². The number of aromatic nitrogens is 1. The predicted molar refractivity (Wildman–Crippen MR) is 131 cm³/mol. The van der Waals surface area contributed by atoms with Gasteiger partial charge in [0.1, 0.15) is 5.82 Å². The van der Waals surface area contributed by atoms with Gasteiger partial charge < -0.3 is 20.5 Å². The van der Waals surface area contributed by atoms with Gasteiger partial charge in [-0.05, 0) is 36.4 Å². The summed E-state index contributed by atoms with van der Waals surface area (Å²) in [6.45, 7) is 1.18. The summed E-state index contributed by atoms with van der Waals surface area (Å²) in [5, 5.41) is 7.17. The predicted octanol–water partition coefficient (Wildman–Crippen LogP) is 6.72. The Bertz CT molecular complexity index is 1290. The minimum atomic E-state index is -0.314. The number of anilines is 3. The molecule has 32 heavy (non-hydrogen) atoms. The molecule has 0 radical (unpaired) electrons. The average Bonchev–Trinajstić information content (AvgIpc) is 3.19. The van der Waals surface area contributed by atoms with E-state index < -0.39 is 0 Å². The summed E-state index contributed by atoms with van der Waals surface area (Å²) in [4.78, 5) is 18.9. The van der Waals surface area contributed by atoms with Crippen LogP contribution in [0, 0.1) is 5.82 Å². The van der Waals surface area contributed by atoms with Crippen molar-refractivity contribution in [1.82, 2.24) is 4.98 Å². The third kappa shape index (κ3) is 4.13. The van der Waals surface area contributed by atoms with E-state index in [1.165, 1.54) is 6.07 Å². The SMILES string of the molecule is O=C(Nc1ccc2c(c1)SCCN2Cc1c(F)cccc1Cl)Nc1c[nH]c2ccccc12. The Hall–Kier alpha value is -3.16. The highest BCUT2D eigenvalue weighted by Gasteiger charge is 2.21. The van der Waals surface area contributed by atoms with Crippen LogP contribution in [0.1, 0.15) is 5.56 Å². The molecule has 0 saturated carbocycles.